The van der Waals surface area contributed by atoms with Gasteiger partial charge in [0.15, 0.2) is 11.9 Å². The Labute approximate surface area is 83.6 Å². The van der Waals surface area contributed by atoms with Crippen LogP contribution < -0.4 is 4.73 Å². The van der Waals surface area contributed by atoms with Gasteiger partial charge in [0.25, 0.3) is 0 Å². The van der Waals surface area contributed by atoms with E-state index in [1.54, 1.807) is 19.2 Å². The summed E-state index contributed by atoms with van der Waals surface area (Å²) < 4.78 is 0.857. The first-order valence-corrected chi connectivity index (χ1v) is 4.67. The lowest BCUT2D eigenvalue weighted by molar-refractivity contribution is -0.612. The number of hydrogen-bond acceptors (Lipinski definition) is 3. The SMILES string of the molecule is CCOOCCc1ccc(C)[n+]([O-])c1. The van der Waals surface area contributed by atoms with E-state index in [0.717, 1.165) is 10.3 Å². The van der Waals surface area contributed by atoms with Crippen molar-refractivity contribution in [2.24, 2.45) is 0 Å². The van der Waals surface area contributed by atoms with Crippen LogP contribution >= 0.6 is 0 Å². The fraction of sp³-hybridized carbons (Fsp3) is 0.500. The average Bonchev–Trinajstić information content (AvgIpc) is 2.18. The standard InChI is InChI=1S/C10H15NO3/c1-3-13-14-7-6-10-5-4-9(2)11(12)8-10/h4-5,8H,3,6-7H2,1-2H3. The molecule has 0 unspecified atom stereocenters. The zero-order valence-electron chi connectivity index (χ0n) is 8.53. The van der Waals surface area contributed by atoms with Gasteiger partial charge in [-0.3, -0.25) is 0 Å². The molecule has 1 aromatic heterocycles. The summed E-state index contributed by atoms with van der Waals surface area (Å²) in [6.45, 7) is 4.64. The molecule has 0 atom stereocenters. The van der Waals surface area contributed by atoms with Crippen molar-refractivity contribution in [3.8, 4) is 0 Å². The number of pyridine rings is 1. The van der Waals surface area contributed by atoms with Gasteiger partial charge in [-0.1, -0.05) is 0 Å². The first-order valence-electron chi connectivity index (χ1n) is 4.67. The Kier molecular flexibility index (Phi) is 4.35. The zero-order valence-corrected chi connectivity index (χ0v) is 8.53. The molecule has 0 fully saturated rings. The van der Waals surface area contributed by atoms with Gasteiger partial charge < -0.3 is 5.21 Å². The molecule has 0 aliphatic heterocycles. The smallest absolute Gasteiger partial charge is 0.189 e. The number of rotatable bonds is 5. The van der Waals surface area contributed by atoms with Crippen molar-refractivity contribution >= 4 is 0 Å². The molecule has 0 amide bonds. The third kappa shape index (κ3) is 3.32. The van der Waals surface area contributed by atoms with Crippen molar-refractivity contribution in [3.63, 3.8) is 0 Å². The lowest BCUT2D eigenvalue weighted by Gasteiger charge is -2.04. The summed E-state index contributed by atoms with van der Waals surface area (Å²) in [6, 6.07) is 3.71. The van der Waals surface area contributed by atoms with Crippen LogP contribution in [0.2, 0.25) is 0 Å². The number of aryl methyl sites for hydroxylation is 1. The van der Waals surface area contributed by atoms with Crippen LogP contribution in [0.5, 0.6) is 0 Å². The summed E-state index contributed by atoms with van der Waals surface area (Å²) in [6.07, 6.45) is 2.24. The monoisotopic (exact) mass is 197 g/mol. The predicted molar refractivity (Wildman–Crippen MR) is 51.4 cm³/mol. The number of aromatic nitrogens is 1. The number of nitrogens with zero attached hydrogens (tertiary/aromatic N) is 1. The van der Waals surface area contributed by atoms with Crippen LogP contribution in [0.4, 0.5) is 0 Å². The Bertz CT molecular complexity index is 289. The van der Waals surface area contributed by atoms with Crippen LogP contribution in [0.15, 0.2) is 18.3 Å². The molecule has 1 aromatic rings. The van der Waals surface area contributed by atoms with Crippen molar-refractivity contribution < 1.29 is 14.5 Å². The highest BCUT2D eigenvalue weighted by molar-refractivity contribution is 5.09. The lowest BCUT2D eigenvalue weighted by atomic mass is 10.2. The summed E-state index contributed by atoms with van der Waals surface area (Å²) in [5.41, 5.74) is 1.64. The quantitative estimate of drug-likeness (QED) is 0.234. The Hall–Kier alpha value is -1.13. The molecule has 0 saturated carbocycles. The second-order valence-corrected chi connectivity index (χ2v) is 2.98. The maximum absolute atomic E-state index is 11.2. The van der Waals surface area contributed by atoms with Gasteiger partial charge in [0, 0.05) is 25.0 Å². The molecular formula is C10H15NO3. The second-order valence-electron chi connectivity index (χ2n) is 2.98. The minimum Gasteiger partial charge on any atom is -0.619 e. The van der Waals surface area contributed by atoms with Crippen LogP contribution in [-0.2, 0) is 16.2 Å². The van der Waals surface area contributed by atoms with Gasteiger partial charge in [-0.05, 0) is 13.0 Å². The van der Waals surface area contributed by atoms with Crippen molar-refractivity contribution in [2.75, 3.05) is 13.2 Å². The van der Waals surface area contributed by atoms with Gasteiger partial charge in [-0.2, -0.15) is 4.73 Å². The molecule has 1 rings (SSSR count). The van der Waals surface area contributed by atoms with E-state index < -0.39 is 0 Å². The van der Waals surface area contributed by atoms with Crippen molar-refractivity contribution in [1.29, 1.82) is 0 Å². The van der Waals surface area contributed by atoms with E-state index in [-0.39, 0.29) is 0 Å². The maximum atomic E-state index is 11.2. The maximum Gasteiger partial charge on any atom is 0.189 e. The van der Waals surface area contributed by atoms with Crippen LogP contribution in [-0.4, -0.2) is 13.2 Å². The topological polar surface area (TPSA) is 45.4 Å². The Balaban J connectivity index is 2.39. The van der Waals surface area contributed by atoms with E-state index in [1.165, 1.54) is 0 Å². The van der Waals surface area contributed by atoms with Gasteiger partial charge in [0.05, 0.1) is 13.2 Å². The molecular weight excluding hydrogens is 182 g/mol. The molecule has 0 bridgehead atoms. The predicted octanol–water partition coefficient (Wildman–Crippen LogP) is 1.14. The van der Waals surface area contributed by atoms with Crippen LogP contribution in [0, 0.1) is 12.1 Å². The Morgan fingerprint density at radius 1 is 1.36 bits per heavy atom. The van der Waals surface area contributed by atoms with Gasteiger partial charge in [0.2, 0.25) is 0 Å². The van der Waals surface area contributed by atoms with E-state index in [0.29, 0.717) is 25.3 Å². The molecule has 0 aliphatic rings. The fourth-order valence-corrected chi connectivity index (χ4v) is 1.05. The molecule has 1 heterocycles. The summed E-state index contributed by atoms with van der Waals surface area (Å²) in [5.74, 6) is 0. The summed E-state index contributed by atoms with van der Waals surface area (Å²) in [4.78, 5) is 9.57. The van der Waals surface area contributed by atoms with Crippen LogP contribution in [0.3, 0.4) is 0 Å². The Morgan fingerprint density at radius 2 is 2.14 bits per heavy atom. The Morgan fingerprint density at radius 3 is 2.79 bits per heavy atom. The summed E-state index contributed by atoms with van der Waals surface area (Å²) in [7, 11) is 0. The number of hydrogen-bond donors (Lipinski definition) is 0. The third-order valence-electron chi connectivity index (χ3n) is 1.84. The summed E-state index contributed by atoms with van der Waals surface area (Å²) >= 11 is 0. The zero-order chi connectivity index (χ0) is 10.4. The summed E-state index contributed by atoms with van der Waals surface area (Å²) in [5, 5.41) is 11.2. The first kappa shape index (κ1) is 10.9. The normalized spacial score (nSPS) is 10.4. The van der Waals surface area contributed by atoms with Crippen molar-refractivity contribution in [2.45, 2.75) is 20.3 Å². The molecule has 14 heavy (non-hydrogen) atoms. The van der Waals surface area contributed by atoms with Gasteiger partial charge in [0.1, 0.15) is 0 Å². The molecule has 78 valence electrons. The first-order chi connectivity index (χ1) is 6.74. The molecule has 4 nitrogen and oxygen atoms in total. The van der Waals surface area contributed by atoms with Crippen LogP contribution in [0.1, 0.15) is 18.2 Å². The minimum atomic E-state index is 0.469. The van der Waals surface area contributed by atoms with Gasteiger partial charge in [-0.15, -0.1) is 0 Å². The second kappa shape index (κ2) is 5.57. The molecule has 0 saturated heterocycles. The van der Waals surface area contributed by atoms with E-state index in [9.17, 15) is 5.21 Å². The molecule has 0 radical (unpaired) electrons. The van der Waals surface area contributed by atoms with E-state index in [2.05, 4.69) is 0 Å². The third-order valence-corrected chi connectivity index (χ3v) is 1.84. The largest absolute Gasteiger partial charge is 0.619 e. The highest BCUT2D eigenvalue weighted by Gasteiger charge is 2.01. The lowest BCUT2D eigenvalue weighted by Crippen LogP contribution is -2.29. The molecule has 0 spiro atoms. The van der Waals surface area contributed by atoms with E-state index in [4.69, 9.17) is 9.78 Å². The molecule has 0 N–H and O–H groups in total. The van der Waals surface area contributed by atoms with Crippen molar-refractivity contribution in [1.82, 2.24) is 0 Å². The average molecular weight is 197 g/mol. The minimum absolute atomic E-state index is 0.469. The highest BCUT2D eigenvalue weighted by atomic mass is 17.2. The van der Waals surface area contributed by atoms with E-state index >= 15 is 0 Å². The fourth-order valence-electron chi connectivity index (χ4n) is 1.05. The molecule has 0 aromatic carbocycles. The van der Waals surface area contributed by atoms with Gasteiger partial charge in [-0.25, -0.2) is 9.78 Å². The molecule has 0 aliphatic carbocycles. The molecule has 4 heteroatoms. The highest BCUT2D eigenvalue weighted by Crippen LogP contribution is 1.99. The van der Waals surface area contributed by atoms with E-state index in [1.807, 2.05) is 13.0 Å². The van der Waals surface area contributed by atoms with Gasteiger partial charge >= 0.3 is 0 Å². The van der Waals surface area contributed by atoms with Crippen molar-refractivity contribution in [3.05, 3.63) is 34.8 Å². The van der Waals surface area contributed by atoms with Crippen LogP contribution in [0.25, 0.3) is 0 Å².